The van der Waals surface area contributed by atoms with E-state index in [9.17, 15) is 13.6 Å². The summed E-state index contributed by atoms with van der Waals surface area (Å²) in [7, 11) is 0. The summed E-state index contributed by atoms with van der Waals surface area (Å²) in [6.07, 6.45) is 7.24. The molecule has 3 aromatic rings. The number of fused-ring (bicyclic) bond motifs is 1. The molecule has 1 aliphatic carbocycles. The minimum atomic E-state index is -0.969. The topological polar surface area (TPSA) is 71.8 Å². The third-order valence-electron chi connectivity index (χ3n) is 5.48. The van der Waals surface area contributed by atoms with Crippen molar-refractivity contribution >= 4 is 16.8 Å². The number of hydrogen-bond acceptors (Lipinski definition) is 3. The number of nitrogens with two attached hydrogens (primary N) is 1. The van der Waals surface area contributed by atoms with Gasteiger partial charge >= 0.3 is 0 Å². The Morgan fingerprint density at radius 3 is 2.78 bits per heavy atom. The molecule has 0 unspecified atom stereocenters. The molecule has 2 aromatic heterocycles. The molecule has 0 amide bonds. The average molecular weight is 369 g/mol. The molecule has 1 aromatic carbocycles. The summed E-state index contributed by atoms with van der Waals surface area (Å²) in [5, 5.41) is 0.726. The molecule has 3 N–H and O–H groups in total. The first-order chi connectivity index (χ1) is 13.0. The summed E-state index contributed by atoms with van der Waals surface area (Å²) in [4.78, 5) is 20.2. The number of H-pyrrole nitrogens is 1. The van der Waals surface area contributed by atoms with Gasteiger partial charge in [0.2, 0.25) is 0 Å². The number of aromatic nitrogens is 2. The Bertz CT molecular complexity index is 990. The monoisotopic (exact) mass is 369 g/mol. The number of carbonyl (C=O) groups is 1. The van der Waals surface area contributed by atoms with Gasteiger partial charge in [-0.3, -0.25) is 4.79 Å². The molecule has 0 radical (unpaired) electrons. The number of pyridine rings is 1. The zero-order valence-electron chi connectivity index (χ0n) is 14.8. The van der Waals surface area contributed by atoms with Crippen LogP contribution in [0.3, 0.4) is 0 Å². The van der Waals surface area contributed by atoms with Gasteiger partial charge in [0.15, 0.2) is 17.4 Å². The van der Waals surface area contributed by atoms with Gasteiger partial charge in [0.05, 0.1) is 0 Å². The van der Waals surface area contributed by atoms with Gasteiger partial charge in [0, 0.05) is 35.8 Å². The van der Waals surface area contributed by atoms with Crippen molar-refractivity contribution in [1.82, 2.24) is 9.97 Å². The molecule has 6 heteroatoms. The van der Waals surface area contributed by atoms with E-state index < -0.39 is 11.6 Å². The van der Waals surface area contributed by atoms with E-state index in [0.29, 0.717) is 17.1 Å². The third-order valence-corrected chi connectivity index (χ3v) is 5.48. The third kappa shape index (κ3) is 3.49. The Hall–Kier alpha value is -2.60. The van der Waals surface area contributed by atoms with Crippen molar-refractivity contribution in [3.8, 4) is 0 Å². The summed E-state index contributed by atoms with van der Waals surface area (Å²) >= 11 is 0. The molecule has 27 heavy (non-hydrogen) atoms. The van der Waals surface area contributed by atoms with E-state index in [-0.39, 0.29) is 23.8 Å². The molecule has 0 spiro atoms. The molecule has 0 aliphatic heterocycles. The van der Waals surface area contributed by atoms with Crippen LogP contribution in [0.1, 0.15) is 53.1 Å². The molecule has 4 rings (SSSR count). The van der Waals surface area contributed by atoms with Crippen molar-refractivity contribution < 1.29 is 13.6 Å². The highest BCUT2D eigenvalue weighted by molar-refractivity contribution is 6.08. The number of rotatable bonds is 4. The van der Waals surface area contributed by atoms with Crippen molar-refractivity contribution in [2.75, 3.05) is 0 Å². The lowest BCUT2D eigenvalue weighted by molar-refractivity contribution is 0.0993. The second kappa shape index (κ2) is 7.19. The Balaban J connectivity index is 1.62. The van der Waals surface area contributed by atoms with Gasteiger partial charge in [-0.15, -0.1) is 0 Å². The molecule has 0 atom stereocenters. The summed E-state index contributed by atoms with van der Waals surface area (Å²) < 4.78 is 27.3. The molecule has 0 saturated heterocycles. The number of nitrogens with zero attached hydrogens (tertiary/aromatic N) is 1. The number of aromatic amines is 1. The number of ketones is 1. The smallest absolute Gasteiger partial charge is 0.169 e. The molecular weight excluding hydrogens is 348 g/mol. The van der Waals surface area contributed by atoms with Crippen molar-refractivity contribution in [2.24, 2.45) is 5.73 Å². The van der Waals surface area contributed by atoms with Crippen LogP contribution in [-0.4, -0.2) is 21.8 Å². The zero-order chi connectivity index (χ0) is 19.0. The first-order valence-corrected chi connectivity index (χ1v) is 9.21. The predicted octanol–water partition coefficient (Wildman–Crippen LogP) is 4.25. The molecule has 2 heterocycles. The van der Waals surface area contributed by atoms with Crippen LogP contribution in [0.5, 0.6) is 0 Å². The highest BCUT2D eigenvalue weighted by Crippen LogP contribution is 2.33. The van der Waals surface area contributed by atoms with Crippen LogP contribution >= 0.6 is 0 Å². The summed E-state index contributed by atoms with van der Waals surface area (Å²) in [5.74, 6) is -1.79. The lowest BCUT2D eigenvalue weighted by atomic mass is 9.82. The lowest BCUT2D eigenvalue weighted by Crippen LogP contribution is -2.25. The highest BCUT2D eigenvalue weighted by atomic mass is 19.2. The summed E-state index contributed by atoms with van der Waals surface area (Å²) in [5.41, 5.74) is 8.21. The lowest BCUT2D eigenvalue weighted by Gasteiger charge is -2.26. The van der Waals surface area contributed by atoms with E-state index >= 15 is 0 Å². The molecule has 1 fully saturated rings. The zero-order valence-corrected chi connectivity index (χ0v) is 14.8. The van der Waals surface area contributed by atoms with Crippen molar-refractivity contribution in [3.05, 3.63) is 65.0 Å². The van der Waals surface area contributed by atoms with Gasteiger partial charge in [-0.05, 0) is 54.9 Å². The quantitative estimate of drug-likeness (QED) is 0.675. The Morgan fingerprint density at radius 2 is 2.00 bits per heavy atom. The number of carbonyl (C=O) groups excluding carboxylic acids is 1. The van der Waals surface area contributed by atoms with Gasteiger partial charge in [0.1, 0.15) is 5.65 Å². The maximum atomic E-state index is 13.9. The minimum Gasteiger partial charge on any atom is -0.345 e. The number of benzene rings is 1. The molecular formula is C21H21F2N3O. The fraction of sp³-hybridized carbons (Fsp3) is 0.333. The minimum absolute atomic E-state index is 0.0553. The summed E-state index contributed by atoms with van der Waals surface area (Å²) in [6.45, 7) is 0. The first kappa shape index (κ1) is 17.8. The maximum Gasteiger partial charge on any atom is 0.169 e. The van der Waals surface area contributed by atoms with Gasteiger partial charge < -0.3 is 10.7 Å². The van der Waals surface area contributed by atoms with Crippen molar-refractivity contribution in [2.45, 2.75) is 44.1 Å². The van der Waals surface area contributed by atoms with Crippen LogP contribution in [0.25, 0.3) is 11.0 Å². The van der Waals surface area contributed by atoms with Gasteiger partial charge in [-0.2, -0.15) is 0 Å². The first-order valence-electron chi connectivity index (χ1n) is 9.21. The number of Topliss-reactive ketones (excluding diaryl/α,β-unsaturated/α-hetero) is 1. The Labute approximate surface area is 155 Å². The van der Waals surface area contributed by atoms with E-state index in [2.05, 4.69) is 9.97 Å². The number of hydrogen-bond donors (Lipinski definition) is 2. The normalized spacial score (nSPS) is 20.1. The van der Waals surface area contributed by atoms with E-state index in [1.807, 2.05) is 12.3 Å². The predicted molar refractivity (Wildman–Crippen MR) is 99.7 cm³/mol. The molecule has 0 bridgehead atoms. The van der Waals surface area contributed by atoms with E-state index in [0.717, 1.165) is 42.7 Å². The van der Waals surface area contributed by atoms with Crippen LogP contribution in [0.4, 0.5) is 8.78 Å². The Morgan fingerprint density at radius 1 is 1.22 bits per heavy atom. The van der Waals surface area contributed by atoms with E-state index in [1.165, 1.54) is 12.1 Å². The molecule has 140 valence electrons. The van der Waals surface area contributed by atoms with Crippen molar-refractivity contribution in [1.29, 1.82) is 0 Å². The fourth-order valence-corrected chi connectivity index (χ4v) is 3.88. The maximum absolute atomic E-state index is 13.9. The van der Waals surface area contributed by atoms with Gasteiger partial charge in [-0.1, -0.05) is 12.1 Å². The second-order valence-corrected chi connectivity index (χ2v) is 7.29. The summed E-state index contributed by atoms with van der Waals surface area (Å²) in [6, 6.07) is 6.14. The van der Waals surface area contributed by atoms with Crippen LogP contribution < -0.4 is 5.73 Å². The fourth-order valence-electron chi connectivity index (χ4n) is 3.88. The van der Waals surface area contributed by atoms with Crippen LogP contribution in [0.15, 0.2) is 36.7 Å². The van der Waals surface area contributed by atoms with Crippen molar-refractivity contribution in [3.63, 3.8) is 0 Å². The van der Waals surface area contributed by atoms with Crippen LogP contribution in [0, 0.1) is 11.6 Å². The second-order valence-electron chi connectivity index (χ2n) is 7.29. The Kier molecular flexibility index (Phi) is 4.74. The highest BCUT2D eigenvalue weighted by Gasteiger charge is 2.22. The number of nitrogens with one attached hydrogen (secondary N) is 1. The van der Waals surface area contributed by atoms with E-state index in [4.69, 9.17) is 5.73 Å². The standard InChI is InChI=1S/C21H21F2N3O/c22-18-3-1-2-13(20(18)23)9-19(27)17-11-26-21-16(17)8-14(10-25-21)12-4-6-15(24)7-5-12/h1-3,8,10-12,15H,4-7,9,24H2,(H,25,26). The number of halogens is 2. The average Bonchev–Trinajstić information content (AvgIpc) is 3.09. The van der Waals surface area contributed by atoms with Gasteiger partial charge in [-0.25, -0.2) is 13.8 Å². The van der Waals surface area contributed by atoms with E-state index in [1.54, 1.807) is 6.20 Å². The van der Waals surface area contributed by atoms with Crippen LogP contribution in [0.2, 0.25) is 0 Å². The molecule has 1 saturated carbocycles. The molecule has 1 aliphatic rings. The van der Waals surface area contributed by atoms with Gasteiger partial charge in [0.25, 0.3) is 0 Å². The SMILES string of the molecule is NC1CCC(c2cnc3[nH]cc(C(=O)Cc4cccc(F)c4F)c3c2)CC1. The largest absolute Gasteiger partial charge is 0.345 e. The van der Waals surface area contributed by atoms with Crippen LogP contribution in [-0.2, 0) is 6.42 Å². The molecule has 4 nitrogen and oxygen atoms in total.